The van der Waals surface area contributed by atoms with Crippen LogP contribution in [0.5, 0.6) is 5.75 Å². The van der Waals surface area contributed by atoms with Crippen molar-refractivity contribution in [1.29, 1.82) is 0 Å². The Morgan fingerprint density at radius 2 is 2.04 bits per heavy atom. The number of morpholine rings is 1. The van der Waals surface area contributed by atoms with Crippen molar-refractivity contribution >= 4 is 22.9 Å². The van der Waals surface area contributed by atoms with E-state index in [1.165, 1.54) is 13.0 Å². The lowest BCUT2D eigenvalue weighted by molar-refractivity contribution is -0.110. The van der Waals surface area contributed by atoms with E-state index in [0.717, 1.165) is 17.8 Å². The molecule has 0 bridgehead atoms. The monoisotopic (exact) mass is 381 g/mol. The molecule has 1 amide bonds. The van der Waals surface area contributed by atoms with E-state index >= 15 is 0 Å². The number of fused-ring (bicyclic) bond motifs is 1. The lowest BCUT2D eigenvalue weighted by Gasteiger charge is -2.36. The lowest BCUT2D eigenvalue weighted by Crippen LogP contribution is -2.49. The van der Waals surface area contributed by atoms with Crippen LogP contribution in [0.4, 0.5) is 11.4 Å². The minimum absolute atomic E-state index is 0.0524. The average molecular weight is 381 g/mol. The van der Waals surface area contributed by atoms with Crippen LogP contribution >= 0.6 is 0 Å². The molecule has 0 aromatic heterocycles. The molecule has 7 heteroatoms. The van der Waals surface area contributed by atoms with Crippen LogP contribution in [0.25, 0.3) is 16.7 Å². The van der Waals surface area contributed by atoms with E-state index in [4.69, 9.17) is 10.5 Å². The quantitative estimate of drug-likeness (QED) is 0.481. The number of carbonyl (C=O) groups is 1. The van der Waals surface area contributed by atoms with Crippen molar-refractivity contribution < 1.29 is 19.7 Å². The molecule has 4 rings (SSSR count). The van der Waals surface area contributed by atoms with Gasteiger partial charge in [0.25, 0.3) is 5.91 Å². The van der Waals surface area contributed by atoms with Gasteiger partial charge in [0.05, 0.1) is 30.5 Å². The van der Waals surface area contributed by atoms with Crippen molar-refractivity contribution in [1.82, 2.24) is 0 Å². The summed E-state index contributed by atoms with van der Waals surface area (Å²) in [6, 6.07) is 11.2. The van der Waals surface area contributed by atoms with Gasteiger partial charge in [-0.15, -0.1) is 0 Å². The summed E-state index contributed by atoms with van der Waals surface area (Å²) in [5.41, 5.74) is 9.62. The number of aromatic hydroxyl groups is 1. The molecule has 1 unspecified atom stereocenters. The van der Waals surface area contributed by atoms with E-state index in [0.29, 0.717) is 36.6 Å². The second-order valence-corrected chi connectivity index (χ2v) is 7.03. The van der Waals surface area contributed by atoms with Gasteiger partial charge in [-0.25, -0.2) is 0 Å². The summed E-state index contributed by atoms with van der Waals surface area (Å²) in [4.78, 5) is 14.3. The fourth-order valence-electron chi connectivity index (χ4n) is 3.82. The summed E-state index contributed by atoms with van der Waals surface area (Å²) in [5.74, 6) is -0.361. The summed E-state index contributed by atoms with van der Waals surface area (Å²) < 4.78 is 5.50. The molecule has 2 heterocycles. The first kappa shape index (κ1) is 18.3. The summed E-state index contributed by atoms with van der Waals surface area (Å²) in [6.45, 7) is 4.05. The zero-order chi connectivity index (χ0) is 19.8. The number of carbonyl (C=O) groups excluding carboxylic acids is 1. The van der Waals surface area contributed by atoms with Crippen LogP contribution < -0.4 is 16.0 Å². The highest BCUT2D eigenvalue weighted by molar-refractivity contribution is 6.32. The molecule has 2 aliphatic heterocycles. The second kappa shape index (κ2) is 7.18. The Kier molecular flexibility index (Phi) is 4.70. The smallest absolute Gasteiger partial charge is 0.259 e. The van der Waals surface area contributed by atoms with Crippen LogP contribution in [0.1, 0.15) is 12.5 Å². The molecule has 1 fully saturated rings. The van der Waals surface area contributed by atoms with E-state index in [2.05, 4.69) is 10.2 Å². The Bertz CT molecular complexity index is 949. The van der Waals surface area contributed by atoms with Gasteiger partial charge in [-0.3, -0.25) is 4.79 Å². The van der Waals surface area contributed by atoms with Gasteiger partial charge in [-0.1, -0.05) is 12.1 Å². The Morgan fingerprint density at radius 3 is 2.71 bits per heavy atom. The number of allylic oxidation sites excluding steroid dienone is 1. The van der Waals surface area contributed by atoms with Crippen molar-refractivity contribution in [2.24, 2.45) is 5.73 Å². The third kappa shape index (κ3) is 3.08. The standard InChI is InChI=1S/C21H23N3O4/c1-12(25)20-17-8-16(19(26)9-18(17)23-21(20)27)13-2-4-14(5-3-13)24-6-7-28-11-15(24)10-22/h2-5,8-9,15,25-26H,6-7,10-11,22H2,1H3,(H,23,27)/b20-12+. The Morgan fingerprint density at radius 1 is 1.29 bits per heavy atom. The van der Waals surface area contributed by atoms with Crippen molar-refractivity contribution in [3.63, 3.8) is 0 Å². The van der Waals surface area contributed by atoms with E-state index in [1.807, 2.05) is 24.3 Å². The highest BCUT2D eigenvalue weighted by Crippen LogP contribution is 2.41. The Balaban J connectivity index is 1.69. The van der Waals surface area contributed by atoms with Gasteiger partial charge >= 0.3 is 0 Å². The van der Waals surface area contributed by atoms with E-state index < -0.39 is 0 Å². The van der Waals surface area contributed by atoms with Crippen LogP contribution in [0.3, 0.4) is 0 Å². The van der Waals surface area contributed by atoms with Crippen molar-refractivity contribution in [3.8, 4) is 16.9 Å². The topological polar surface area (TPSA) is 108 Å². The Labute approximate surface area is 163 Å². The van der Waals surface area contributed by atoms with Crippen LogP contribution in [-0.2, 0) is 9.53 Å². The number of phenols is 1. The number of nitrogens with two attached hydrogens (primary N) is 1. The van der Waals surface area contributed by atoms with Crippen molar-refractivity contribution in [3.05, 3.63) is 47.7 Å². The summed E-state index contributed by atoms with van der Waals surface area (Å²) >= 11 is 0. The number of ether oxygens (including phenoxy) is 1. The maximum Gasteiger partial charge on any atom is 0.259 e. The molecule has 5 N–H and O–H groups in total. The third-order valence-electron chi connectivity index (χ3n) is 5.25. The minimum Gasteiger partial charge on any atom is -0.512 e. The molecule has 2 aromatic rings. The maximum atomic E-state index is 12.1. The van der Waals surface area contributed by atoms with E-state index in [-0.39, 0.29) is 29.0 Å². The molecule has 146 valence electrons. The number of phenolic OH excluding ortho intramolecular Hbond substituents is 1. The van der Waals surface area contributed by atoms with Crippen LogP contribution in [-0.4, -0.2) is 48.5 Å². The number of rotatable bonds is 3. The fourth-order valence-corrected chi connectivity index (χ4v) is 3.82. The molecule has 1 atom stereocenters. The van der Waals surface area contributed by atoms with Gasteiger partial charge in [0, 0.05) is 36.0 Å². The molecule has 0 spiro atoms. The van der Waals surface area contributed by atoms with Crippen molar-refractivity contribution in [2.45, 2.75) is 13.0 Å². The number of amides is 1. The largest absolute Gasteiger partial charge is 0.512 e. The Hall–Kier alpha value is -3.03. The van der Waals surface area contributed by atoms with Crippen LogP contribution in [0, 0.1) is 0 Å². The molecule has 1 saturated heterocycles. The molecule has 0 radical (unpaired) electrons. The molecule has 0 aliphatic carbocycles. The molecular weight excluding hydrogens is 358 g/mol. The molecule has 28 heavy (non-hydrogen) atoms. The molecule has 0 saturated carbocycles. The van der Waals surface area contributed by atoms with E-state index in [9.17, 15) is 15.0 Å². The molecule has 2 aliphatic rings. The number of aliphatic hydroxyl groups is 1. The predicted octanol–water partition coefficient (Wildman–Crippen LogP) is 2.46. The average Bonchev–Trinajstić information content (AvgIpc) is 3.02. The zero-order valence-corrected chi connectivity index (χ0v) is 15.6. The first-order chi connectivity index (χ1) is 13.5. The summed E-state index contributed by atoms with van der Waals surface area (Å²) in [6.07, 6.45) is 0. The van der Waals surface area contributed by atoms with Gasteiger partial charge in [-0.05, 0) is 30.7 Å². The fraction of sp³-hybridized carbons (Fsp3) is 0.286. The molecular formula is C21H23N3O4. The summed E-state index contributed by atoms with van der Waals surface area (Å²) in [5, 5.41) is 23.0. The van der Waals surface area contributed by atoms with Crippen LogP contribution in [0.2, 0.25) is 0 Å². The number of nitrogens with zero attached hydrogens (tertiary/aromatic N) is 1. The summed E-state index contributed by atoms with van der Waals surface area (Å²) in [7, 11) is 0. The number of hydrogen-bond acceptors (Lipinski definition) is 6. The highest BCUT2D eigenvalue weighted by Gasteiger charge is 2.28. The number of aliphatic hydroxyl groups excluding tert-OH is 1. The molecule has 2 aromatic carbocycles. The zero-order valence-electron chi connectivity index (χ0n) is 15.6. The van der Waals surface area contributed by atoms with E-state index in [1.54, 1.807) is 6.07 Å². The van der Waals surface area contributed by atoms with Gasteiger partial charge in [0.1, 0.15) is 11.5 Å². The number of hydrogen-bond donors (Lipinski definition) is 4. The SMILES string of the molecule is C/C(O)=C1\C(=O)Nc2cc(O)c(-c3ccc(N4CCOCC4CN)cc3)cc21. The van der Waals surface area contributed by atoms with Gasteiger partial charge in [-0.2, -0.15) is 0 Å². The highest BCUT2D eigenvalue weighted by atomic mass is 16.5. The predicted molar refractivity (Wildman–Crippen MR) is 108 cm³/mol. The van der Waals surface area contributed by atoms with Gasteiger partial charge in [0.15, 0.2) is 0 Å². The van der Waals surface area contributed by atoms with Crippen LogP contribution in [0.15, 0.2) is 42.2 Å². The first-order valence-electron chi connectivity index (χ1n) is 9.23. The third-order valence-corrected chi connectivity index (χ3v) is 5.25. The normalized spacial score (nSPS) is 20.7. The second-order valence-electron chi connectivity index (χ2n) is 7.03. The number of benzene rings is 2. The lowest BCUT2D eigenvalue weighted by atomic mass is 9.97. The van der Waals surface area contributed by atoms with Crippen molar-refractivity contribution in [2.75, 3.05) is 36.5 Å². The van der Waals surface area contributed by atoms with Gasteiger partial charge in [0.2, 0.25) is 0 Å². The minimum atomic E-state index is -0.373. The van der Waals surface area contributed by atoms with Gasteiger partial charge < -0.3 is 30.9 Å². The maximum absolute atomic E-state index is 12.1. The first-order valence-corrected chi connectivity index (χ1v) is 9.23. The molecule has 7 nitrogen and oxygen atoms in total. The number of anilines is 2. The number of nitrogens with one attached hydrogen (secondary N) is 1.